The highest BCUT2D eigenvalue weighted by Crippen LogP contribution is 2.44. The summed E-state index contributed by atoms with van der Waals surface area (Å²) in [4.78, 5) is 28.7. The zero-order chi connectivity index (χ0) is 37.3. The van der Waals surface area contributed by atoms with Crippen LogP contribution in [0, 0.1) is 17.8 Å². The van der Waals surface area contributed by atoms with Gasteiger partial charge in [-0.15, -0.1) is 0 Å². The van der Waals surface area contributed by atoms with Crippen molar-refractivity contribution in [2.24, 2.45) is 17.8 Å². The van der Waals surface area contributed by atoms with Crippen molar-refractivity contribution in [3.05, 3.63) is 59.7 Å². The topological polar surface area (TPSA) is 92.4 Å². The number of fused-ring (bicyclic) bond motifs is 4. The maximum absolute atomic E-state index is 12.1. The van der Waals surface area contributed by atoms with Crippen LogP contribution in [-0.4, -0.2) is 92.2 Å². The van der Waals surface area contributed by atoms with Gasteiger partial charge in [0.25, 0.3) is 0 Å². The second kappa shape index (κ2) is 18.9. The van der Waals surface area contributed by atoms with E-state index in [0.717, 1.165) is 89.5 Å². The quantitative estimate of drug-likeness (QED) is 0.328. The van der Waals surface area contributed by atoms with Gasteiger partial charge in [0.15, 0.2) is 0 Å². The fourth-order valence-electron chi connectivity index (χ4n) is 10.9. The third-order valence-corrected chi connectivity index (χ3v) is 13.8. The standard InChI is InChI=1S/C19H28N2O2.C17H23NO2.C9H15NO/c1-22-16-8-6-15(7-9-16)14-21-12-10-19(20-11-13-23-19)17-4-2-3-5-18(17)21;1-20-14-8-6-13(7-9-14)12-18-11-10-17(19)15-4-2-3-5-16(15)18;11-9-5-6-10-8-4-2-1-3-7(8)9/h6-9,17-18,20H,2-5,10-14H2,1H3;6-9,15-16H,2-5,10-12H2,1H3;7-8,10H,1-6H2. The molecule has 2 aromatic rings. The fraction of sp³-hybridized carbons (Fsp3) is 0.689. The van der Waals surface area contributed by atoms with Crippen LogP contribution in [0.3, 0.4) is 0 Å². The Kier molecular flexibility index (Phi) is 13.8. The lowest BCUT2D eigenvalue weighted by atomic mass is 9.73. The smallest absolute Gasteiger partial charge is 0.138 e. The maximum Gasteiger partial charge on any atom is 0.138 e. The number of carbonyl (C=O) groups is 2. The van der Waals surface area contributed by atoms with E-state index in [4.69, 9.17) is 14.2 Å². The van der Waals surface area contributed by atoms with Crippen LogP contribution >= 0.6 is 0 Å². The monoisotopic (exact) mass is 743 g/mol. The Hall–Kier alpha value is -2.82. The zero-order valence-corrected chi connectivity index (χ0v) is 33.1. The van der Waals surface area contributed by atoms with Gasteiger partial charge in [-0.05, 0) is 73.9 Å². The predicted molar refractivity (Wildman–Crippen MR) is 213 cm³/mol. The Morgan fingerprint density at radius 2 is 1.24 bits per heavy atom. The first kappa shape index (κ1) is 39.4. The van der Waals surface area contributed by atoms with E-state index < -0.39 is 0 Å². The number of nitrogens with one attached hydrogen (secondary N) is 2. The molecule has 3 saturated carbocycles. The highest BCUT2D eigenvalue weighted by molar-refractivity contribution is 5.83. The zero-order valence-electron chi connectivity index (χ0n) is 33.1. The summed E-state index contributed by atoms with van der Waals surface area (Å²) in [6.07, 6.45) is 17.6. The van der Waals surface area contributed by atoms with Crippen LogP contribution < -0.4 is 20.1 Å². The molecule has 1 spiro atoms. The lowest BCUT2D eigenvalue weighted by Crippen LogP contribution is -2.63. The second-order valence-electron chi connectivity index (χ2n) is 16.9. The number of hydrogen-bond acceptors (Lipinski definition) is 9. The van der Waals surface area contributed by atoms with Gasteiger partial charge in [-0.25, -0.2) is 0 Å². The molecule has 7 fully saturated rings. The number of nitrogens with zero attached hydrogens (tertiary/aromatic N) is 2. The number of ketones is 2. The molecule has 0 amide bonds. The molecule has 4 heterocycles. The largest absolute Gasteiger partial charge is 0.497 e. The van der Waals surface area contributed by atoms with Gasteiger partial charge in [0.2, 0.25) is 0 Å². The average Bonchev–Trinajstić information content (AvgIpc) is 3.71. The lowest BCUT2D eigenvalue weighted by molar-refractivity contribution is -0.138. The van der Waals surface area contributed by atoms with Gasteiger partial charge in [-0.3, -0.25) is 24.7 Å². The van der Waals surface area contributed by atoms with Crippen LogP contribution in [0.5, 0.6) is 11.5 Å². The molecule has 9 nitrogen and oxygen atoms in total. The van der Waals surface area contributed by atoms with Crippen molar-refractivity contribution in [3.8, 4) is 11.5 Å². The number of likely N-dealkylation sites (tertiary alicyclic amines) is 2. The van der Waals surface area contributed by atoms with Gasteiger partial charge in [0.05, 0.1) is 20.8 Å². The Balaban J connectivity index is 0.000000132. The van der Waals surface area contributed by atoms with E-state index >= 15 is 0 Å². The summed E-state index contributed by atoms with van der Waals surface area (Å²) in [5, 5.41) is 7.14. The Bertz CT molecular complexity index is 1490. The van der Waals surface area contributed by atoms with Crippen molar-refractivity contribution in [3.63, 3.8) is 0 Å². The summed E-state index contributed by atoms with van der Waals surface area (Å²) in [7, 11) is 3.41. The molecule has 2 aromatic carbocycles. The third-order valence-electron chi connectivity index (χ3n) is 13.8. The number of methoxy groups -OCH3 is 2. The number of benzene rings is 2. The summed E-state index contributed by atoms with van der Waals surface area (Å²) < 4.78 is 16.7. The van der Waals surface area contributed by atoms with Gasteiger partial charge in [-0.1, -0.05) is 62.8 Å². The minimum absolute atomic E-state index is 0.0263. The van der Waals surface area contributed by atoms with Crippen LogP contribution in [0.25, 0.3) is 0 Å². The number of hydrogen-bond donors (Lipinski definition) is 2. The van der Waals surface area contributed by atoms with Gasteiger partial charge < -0.3 is 19.5 Å². The van der Waals surface area contributed by atoms with Gasteiger partial charge >= 0.3 is 0 Å². The van der Waals surface area contributed by atoms with E-state index in [1.165, 1.54) is 75.3 Å². The molecule has 0 bridgehead atoms. The number of ether oxygens (including phenoxy) is 3. The van der Waals surface area contributed by atoms with Crippen molar-refractivity contribution in [2.75, 3.05) is 47.0 Å². The molecule has 0 radical (unpaired) electrons. The van der Waals surface area contributed by atoms with E-state index in [1.807, 2.05) is 12.1 Å². The van der Waals surface area contributed by atoms with Crippen LogP contribution in [0.1, 0.15) is 107 Å². The van der Waals surface area contributed by atoms with Gasteiger partial charge in [0, 0.05) is 94.4 Å². The van der Waals surface area contributed by atoms with Crippen molar-refractivity contribution < 1.29 is 23.8 Å². The molecule has 7 aliphatic rings. The minimum atomic E-state index is -0.0263. The van der Waals surface area contributed by atoms with E-state index in [9.17, 15) is 9.59 Å². The Labute approximate surface area is 324 Å². The predicted octanol–water partition coefficient (Wildman–Crippen LogP) is 6.91. The van der Waals surface area contributed by atoms with E-state index in [-0.39, 0.29) is 5.72 Å². The second-order valence-corrected chi connectivity index (χ2v) is 16.9. The molecule has 3 aliphatic carbocycles. The molecule has 0 aromatic heterocycles. The molecular weight excluding hydrogens is 677 g/mol. The Morgan fingerprint density at radius 1 is 0.667 bits per heavy atom. The molecule has 2 N–H and O–H groups in total. The van der Waals surface area contributed by atoms with E-state index in [2.05, 4.69) is 56.8 Å². The summed E-state index contributed by atoms with van der Waals surface area (Å²) in [5.41, 5.74) is 2.66. The molecule has 7 atom stereocenters. The molecule has 54 heavy (non-hydrogen) atoms. The van der Waals surface area contributed by atoms with Crippen LogP contribution in [-0.2, 0) is 27.4 Å². The normalized spacial score (nSPS) is 32.6. The van der Waals surface area contributed by atoms with Crippen LogP contribution in [0.2, 0.25) is 0 Å². The van der Waals surface area contributed by atoms with Crippen molar-refractivity contribution in [1.82, 2.24) is 20.4 Å². The summed E-state index contributed by atoms with van der Waals surface area (Å²) in [5.74, 6) is 4.16. The molecule has 296 valence electrons. The maximum atomic E-state index is 12.1. The first-order chi connectivity index (χ1) is 26.5. The minimum Gasteiger partial charge on any atom is -0.497 e. The number of piperidine rings is 3. The molecule has 4 saturated heterocycles. The van der Waals surface area contributed by atoms with Crippen LogP contribution in [0.15, 0.2) is 48.5 Å². The van der Waals surface area contributed by atoms with Crippen molar-refractivity contribution in [2.45, 2.75) is 133 Å². The summed E-state index contributed by atoms with van der Waals surface area (Å²) in [6, 6.07) is 18.5. The van der Waals surface area contributed by atoms with E-state index in [0.29, 0.717) is 47.4 Å². The fourth-order valence-corrected chi connectivity index (χ4v) is 10.9. The SMILES string of the molecule is COc1ccc(CN2CCC(=O)C3CCCCC32)cc1.COc1ccc(CN2CCC3(NCCO3)C3CCCCC32)cc1.O=C1CCNC2CCCCC12. The van der Waals surface area contributed by atoms with E-state index in [1.54, 1.807) is 14.2 Å². The summed E-state index contributed by atoms with van der Waals surface area (Å²) >= 11 is 0. The molecule has 9 heteroatoms. The van der Waals surface area contributed by atoms with Gasteiger partial charge in [0.1, 0.15) is 28.8 Å². The lowest BCUT2D eigenvalue weighted by Gasteiger charge is -2.52. The Morgan fingerprint density at radius 3 is 1.87 bits per heavy atom. The molecule has 9 rings (SSSR count). The number of carbonyl (C=O) groups excluding carboxylic acids is 2. The number of Topliss-reactive ketones (excluding diaryl/α,β-unsaturated/α-hetero) is 2. The molecule has 7 unspecified atom stereocenters. The number of rotatable bonds is 6. The van der Waals surface area contributed by atoms with Crippen LogP contribution in [0.4, 0.5) is 0 Å². The highest BCUT2D eigenvalue weighted by atomic mass is 16.5. The molecular formula is C45H66N4O5. The first-order valence-corrected chi connectivity index (χ1v) is 21.4. The first-order valence-electron chi connectivity index (χ1n) is 21.4. The van der Waals surface area contributed by atoms with Crippen molar-refractivity contribution in [1.29, 1.82) is 0 Å². The van der Waals surface area contributed by atoms with Crippen molar-refractivity contribution >= 4 is 11.6 Å². The summed E-state index contributed by atoms with van der Waals surface area (Å²) in [6.45, 7) is 6.86. The third kappa shape index (κ3) is 9.40. The van der Waals surface area contributed by atoms with Gasteiger partial charge in [-0.2, -0.15) is 0 Å². The molecule has 4 aliphatic heterocycles. The highest BCUT2D eigenvalue weighted by Gasteiger charge is 2.51. The average molecular weight is 743 g/mol.